The minimum Gasteiger partial charge on any atom is -0.370 e. The quantitative estimate of drug-likeness (QED) is 0.891. The normalized spacial score (nSPS) is 22.9. The van der Waals surface area contributed by atoms with Crippen LogP contribution in [0.15, 0.2) is 12.1 Å². The molecule has 2 atom stereocenters. The molecule has 0 bridgehead atoms. The van der Waals surface area contributed by atoms with E-state index >= 15 is 0 Å². The number of amides is 1. The number of nitrogens with one attached hydrogen (secondary N) is 2. The van der Waals surface area contributed by atoms with Gasteiger partial charge >= 0.3 is 0 Å². The molecular formula is C16H26N4O. The Kier molecular flexibility index (Phi) is 5.17. The van der Waals surface area contributed by atoms with E-state index in [0.29, 0.717) is 11.6 Å². The molecule has 0 aliphatic carbocycles. The fourth-order valence-electron chi connectivity index (χ4n) is 2.76. The van der Waals surface area contributed by atoms with Gasteiger partial charge < -0.3 is 15.5 Å². The standard InChI is InChI=1S/C16H26N4O/c1-5-17-15-10-13(8-11(2)18-15)16(21)19-14-6-7-20(4)12(3)9-14/h8,10,12,14H,5-7,9H2,1-4H3,(H,17,18)(H,19,21). The minimum absolute atomic E-state index is 0.00130. The van der Waals surface area contributed by atoms with Gasteiger partial charge in [-0.2, -0.15) is 0 Å². The first-order valence-electron chi connectivity index (χ1n) is 7.73. The molecule has 1 aromatic heterocycles. The molecule has 116 valence electrons. The van der Waals surface area contributed by atoms with Crippen LogP contribution >= 0.6 is 0 Å². The van der Waals surface area contributed by atoms with Crippen LogP contribution in [0.3, 0.4) is 0 Å². The highest BCUT2D eigenvalue weighted by Gasteiger charge is 2.24. The van der Waals surface area contributed by atoms with Crippen molar-refractivity contribution in [1.82, 2.24) is 15.2 Å². The maximum absolute atomic E-state index is 12.4. The van der Waals surface area contributed by atoms with Gasteiger partial charge in [-0.15, -0.1) is 0 Å². The van der Waals surface area contributed by atoms with Crippen LogP contribution < -0.4 is 10.6 Å². The Balaban J connectivity index is 2.03. The molecule has 0 aromatic carbocycles. The van der Waals surface area contributed by atoms with Gasteiger partial charge in [-0.25, -0.2) is 4.98 Å². The van der Waals surface area contributed by atoms with Crippen LogP contribution in [0.25, 0.3) is 0 Å². The molecule has 21 heavy (non-hydrogen) atoms. The van der Waals surface area contributed by atoms with Crippen LogP contribution in [0.2, 0.25) is 0 Å². The number of anilines is 1. The van der Waals surface area contributed by atoms with Gasteiger partial charge in [0.2, 0.25) is 0 Å². The average Bonchev–Trinajstić information content (AvgIpc) is 2.42. The van der Waals surface area contributed by atoms with Crippen molar-refractivity contribution >= 4 is 11.7 Å². The van der Waals surface area contributed by atoms with Crippen molar-refractivity contribution in [1.29, 1.82) is 0 Å². The Morgan fingerprint density at radius 3 is 2.90 bits per heavy atom. The molecule has 2 N–H and O–H groups in total. The fraction of sp³-hybridized carbons (Fsp3) is 0.625. The number of piperidine rings is 1. The van der Waals surface area contributed by atoms with E-state index in [2.05, 4.69) is 34.5 Å². The first-order chi connectivity index (χ1) is 9.99. The highest BCUT2D eigenvalue weighted by molar-refractivity contribution is 5.95. The number of carbonyl (C=O) groups is 1. The summed E-state index contributed by atoms with van der Waals surface area (Å²) >= 11 is 0. The highest BCUT2D eigenvalue weighted by atomic mass is 16.1. The van der Waals surface area contributed by atoms with Crippen LogP contribution in [-0.4, -0.2) is 48.0 Å². The van der Waals surface area contributed by atoms with E-state index in [1.54, 1.807) is 0 Å². The van der Waals surface area contributed by atoms with Gasteiger partial charge in [-0.1, -0.05) is 0 Å². The van der Waals surface area contributed by atoms with Gasteiger partial charge in [0.25, 0.3) is 5.91 Å². The number of hydrogen-bond acceptors (Lipinski definition) is 4. The number of carbonyl (C=O) groups excluding carboxylic acids is 1. The maximum Gasteiger partial charge on any atom is 0.251 e. The number of pyridine rings is 1. The van der Waals surface area contributed by atoms with Crippen LogP contribution in [0, 0.1) is 6.92 Å². The van der Waals surface area contributed by atoms with Crippen LogP contribution in [0.4, 0.5) is 5.82 Å². The predicted octanol–water partition coefficient (Wildman–Crippen LogP) is 2.03. The Bertz CT molecular complexity index is 503. The summed E-state index contributed by atoms with van der Waals surface area (Å²) in [7, 11) is 2.14. The lowest BCUT2D eigenvalue weighted by molar-refractivity contribution is 0.0896. The molecule has 5 heteroatoms. The summed E-state index contributed by atoms with van der Waals surface area (Å²) in [5.74, 6) is 0.765. The van der Waals surface area contributed by atoms with Crippen LogP contribution in [0.1, 0.15) is 42.7 Å². The van der Waals surface area contributed by atoms with Gasteiger partial charge in [0.1, 0.15) is 5.82 Å². The SMILES string of the molecule is CCNc1cc(C(=O)NC2CCN(C)C(C)C2)cc(C)n1. The van der Waals surface area contributed by atoms with Crippen molar-refractivity contribution in [2.45, 2.75) is 45.7 Å². The molecule has 2 heterocycles. The Labute approximate surface area is 127 Å². The van der Waals surface area contributed by atoms with E-state index in [1.807, 2.05) is 26.0 Å². The summed E-state index contributed by atoms with van der Waals surface area (Å²) < 4.78 is 0. The average molecular weight is 290 g/mol. The number of likely N-dealkylation sites (tertiary alicyclic amines) is 1. The van der Waals surface area contributed by atoms with E-state index < -0.39 is 0 Å². The zero-order valence-electron chi connectivity index (χ0n) is 13.4. The summed E-state index contributed by atoms with van der Waals surface area (Å²) in [5, 5.41) is 6.32. The zero-order chi connectivity index (χ0) is 15.4. The van der Waals surface area contributed by atoms with Crippen molar-refractivity contribution in [3.8, 4) is 0 Å². The van der Waals surface area contributed by atoms with Crippen LogP contribution in [-0.2, 0) is 0 Å². The van der Waals surface area contributed by atoms with E-state index in [-0.39, 0.29) is 11.9 Å². The maximum atomic E-state index is 12.4. The summed E-state index contributed by atoms with van der Waals surface area (Å²) in [6.07, 6.45) is 2.02. The van der Waals surface area contributed by atoms with Gasteiger partial charge in [-0.05, 0) is 52.8 Å². The second kappa shape index (κ2) is 6.89. The van der Waals surface area contributed by atoms with Crippen molar-refractivity contribution in [2.24, 2.45) is 0 Å². The first-order valence-corrected chi connectivity index (χ1v) is 7.73. The summed E-state index contributed by atoms with van der Waals surface area (Å²) in [5.41, 5.74) is 1.54. The lowest BCUT2D eigenvalue weighted by atomic mass is 9.98. The third-order valence-corrected chi connectivity index (χ3v) is 4.12. The summed E-state index contributed by atoms with van der Waals surface area (Å²) in [6, 6.07) is 4.44. The Hall–Kier alpha value is -1.62. The second-order valence-corrected chi connectivity index (χ2v) is 5.94. The van der Waals surface area contributed by atoms with E-state index in [4.69, 9.17) is 0 Å². The molecule has 2 rings (SSSR count). The smallest absolute Gasteiger partial charge is 0.251 e. The monoisotopic (exact) mass is 290 g/mol. The van der Waals surface area contributed by atoms with E-state index in [1.165, 1.54) is 0 Å². The van der Waals surface area contributed by atoms with Gasteiger partial charge in [0.05, 0.1) is 0 Å². The lowest BCUT2D eigenvalue weighted by Gasteiger charge is -2.35. The summed E-state index contributed by atoms with van der Waals surface area (Å²) in [4.78, 5) is 19.1. The molecule has 0 saturated carbocycles. The number of rotatable bonds is 4. The molecule has 1 amide bonds. The molecule has 1 aromatic rings. The van der Waals surface area contributed by atoms with Crippen LogP contribution in [0.5, 0.6) is 0 Å². The molecule has 2 unspecified atom stereocenters. The predicted molar refractivity (Wildman–Crippen MR) is 85.7 cm³/mol. The minimum atomic E-state index is 0.00130. The van der Waals surface area contributed by atoms with Gasteiger partial charge in [0, 0.05) is 36.4 Å². The lowest BCUT2D eigenvalue weighted by Crippen LogP contribution is -2.47. The van der Waals surface area contributed by atoms with Crippen molar-refractivity contribution in [3.63, 3.8) is 0 Å². The molecule has 5 nitrogen and oxygen atoms in total. The molecular weight excluding hydrogens is 264 g/mol. The van der Waals surface area contributed by atoms with Crippen molar-refractivity contribution < 1.29 is 4.79 Å². The third kappa shape index (κ3) is 4.17. The van der Waals surface area contributed by atoms with Crippen molar-refractivity contribution in [3.05, 3.63) is 23.4 Å². The van der Waals surface area contributed by atoms with Gasteiger partial charge in [0.15, 0.2) is 0 Å². The third-order valence-electron chi connectivity index (χ3n) is 4.12. The number of aryl methyl sites for hydroxylation is 1. The molecule has 1 saturated heterocycles. The van der Waals surface area contributed by atoms with Crippen molar-refractivity contribution in [2.75, 3.05) is 25.5 Å². The number of hydrogen-bond donors (Lipinski definition) is 2. The van der Waals surface area contributed by atoms with E-state index in [9.17, 15) is 4.79 Å². The number of nitrogens with zero attached hydrogens (tertiary/aromatic N) is 2. The van der Waals surface area contributed by atoms with Gasteiger partial charge in [-0.3, -0.25) is 4.79 Å². The fourth-order valence-corrected chi connectivity index (χ4v) is 2.76. The molecule has 1 aliphatic rings. The molecule has 0 spiro atoms. The first kappa shape index (κ1) is 15.8. The molecule has 0 radical (unpaired) electrons. The molecule has 1 fully saturated rings. The summed E-state index contributed by atoms with van der Waals surface area (Å²) in [6.45, 7) is 7.96. The Morgan fingerprint density at radius 2 is 2.24 bits per heavy atom. The topological polar surface area (TPSA) is 57.3 Å². The Morgan fingerprint density at radius 1 is 1.48 bits per heavy atom. The zero-order valence-corrected chi connectivity index (χ0v) is 13.4. The second-order valence-electron chi connectivity index (χ2n) is 5.94. The highest BCUT2D eigenvalue weighted by Crippen LogP contribution is 2.16. The molecule has 1 aliphatic heterocycles. The number of aromatic nitrogens is 1. The van der Waals surface area contributed by atoms with E-state index in [0.717, 1.165) is 37.4 Å². The largest absolute Gasteiger partial charge is 0.370 e.